The Bertz CT molecular complexity index is 456. The molecule has 0 unspecified atom stereocenters. The normalized spacial score (nSPS) is 12.3. The molecule has 20 heavy (non-hydrogen) atoms. The van der Waals surface area contributed by atoms with Crippen LogP contribution in [0.15, 0.2) is 24.3 Å². The summed E-state index contributed by atoms with van der Waals surface area (Å²) in [7, 11) is 0. The summed E-state index contributed by atoms with van der Waals surface area (Å²) >= 11 is 0. The molecule has 0 atom stereocenters. The number of benzene rings is 1. The van der Waals surface area contributed by atoms with Crippen LogP contribution in [0.2, 0.25) is 0 Å². The molecule has 3 heteroatoms. The number of hydrogen-bond donors (Lipinski definition) is 0. The summed E-state index contributed by atoms with van der Waals surface area (Å²) in [5, 5.41) is 0. The number of aryl methyl sites for hydroxylation is 1. The average Bonchev–Trinajstić information content (AvgIpc) is 2.23. The van der Waals surface area contributed by atoms with Gasteiger partial charge in [0.2, 0.25) is 0 Å². The number of carbonyl (C=O) groups excluding carboxylic acids is 1. The highest BCUT2D eigenvalue weighted by Crippen LogP contribution is 2.18. The van der Waals surface area contributed by atoms with E-state index in [9.17, 15) is 4.79 Å². The van der Waals surface area contributed by atoms with Gasteiger partial charge in [-0.1, -0.05) is 29.8 Å². The van der Waals surface area contributed by atoms with Gasteiger partial charge in [-0.15, -0.1) is 0 Å². The molecule has 0 fully saturated rings. The maximum Gasteiger partial charge on any atom is 0.332 e. The Labute approximate surface area is 122 Å². The van der Waals surface area contributed by atoms with Crippen molar-refractivity contribution in [1.82, 2.24) is 0 Å². The van der Waals surface area contributed by atoms with Crippen molar-refractivity contribution in [3.05, 3.63) is 35.4 Å². The largest absolute Gasteiger partial charge is 0.458 e. The molecular weight excluding hydrogens is 252 g/mol. The zero-order valence-corrected chi connectivity index (χ0v) is 13.4. The molecule has 3 nitrogen and oxygen atoms in total. The van der Waals surface area contributed by atoms with Gasteiger partial charge in [-0.25, -0.2) is 4.79 Å². The van der Waals surface area contributed by atoms with E-state index in [2.05, 4.69) is 25.1 Å². The third kappa shape index (κ3) is 6.71. The van der Waals surface area contributed by atoms with Crippen molar-refractivity contribution in [3.8, 4) is 0 Å². The van der Waals surface area contributed by atoms with E-state index in [-0.39, 0.29) is 12.6 Å². The molecule has 0 saturated carbocycles. The lowest BCUT2D eigenvalue weighted by Gasteiger charge is -2.26. The average molecular weight is 278 g/mol. The van der Waals surface area contributed by atoms with E-state index in [1.807, 2.05) is 40.7 Å². The second-order valence-corrected chi connectivity index (χ2v) is 6.80. The third-order valence-corrected chi connectivity index (χ3v) is 2.71. The predicted octanol–water partition coefficient (Wildman–Crippen LogP) is 3.67. The molecule has 0 radical (unpaired) electrons. The summed E-state index contributed by atoms with van der Waals surface area (Å²) in [6, 6.07) is 8.32. The van der Waals surface area contributed by atoms with Crippen LogP contribution in [0.1, 0.15) is 45.7 Å². The van der Waals surface area contributed by atoms with E-state index >= 15 is 0 Å². The summed E-state index contributed by atoms with van der Waals surface area (Å²) in [4.78, 5) is 11.7. The lowest BCUT2D eigenvalue weighted by molar-refractivity contribution is -0.165. The summed E-state index contributed by atoms with van der Waals surface area (Å²) in [5.74, 6) is -0.324. The Morgan fingerprint density at radius 2 is 1.80 bits per heavy atom. The van der Waals surface area contributed by atoms with Gasteiger partial charge in [-0.3, -0.25) is 0 Å². The summed E-state index contributed by atoms with van der Waals surface area (Å²) in [6.07, 6.45) is 0.761. The van der Waals surface area contributed by atoms with E-state index in [4.69, 9.17) is 9.47 Å². The molecule has 0 aromatic heterocycles. The summed E-state index contributed by atoms with van der Waals surface area (Å²) < 4.78 is 10.9. The minimum Gasteiger partial charge on any atom is -0.458 e. The minimum absolute atomic E-state index is 0.0178. The fourth-order valence-electron chi connectivity index (χ4n) is 1.99. The van der Waals surface area contributed by atoms with Gasteiger partial charge in [0.25, 0.3) is 0 Å². The predicted molar refractivity (Wildman–Crippen MR) is 80.8 cm³/mol. The first-order valence-electron chi connectivity index (χ1n) is 6.99. The number of ether oxygens (including phenoxy) is 2. The van der Waals surface area contributed by atoms with Crippen LogP contribution in [0.25, 0.3) is 0 Å². The SMILES string of the molecule is Cc1cccc(CC(C)(C)OCC(=O)OC(C)(C)C)c1. The van der Waals surface area contributed by atoms with Crippen molar-refractivity contribution in [1.29, 1.82) is 0 Å². The van der Waals surface area contributed by atoms with Crippen LogP contribution >= 0.6 is 0 Å². The lowest BCUT2D eigenvalue weighted by atomic mass is 9.97. The highest BCUT2D eigenvalue weighted by atomic mass is 16.6. The molecule has 0 aliphatic carbocycles. The molecule has 0 amide bonds. The standard InChI is InChI=1S/C17H26O3/c1-13-8-7-9-14(10-13)11-17(5,6)19-12-15(18)20-16(2,3)4/h7-10H,11-12H2,1-6H3. The Morgan fingerprint density at radius 1 is 1.15 bits per heavy atom. The Hall–Kier alpha value is -1.35. The molecular formula is C17H26O3. The van der Waals surface area contributed by atoms with E-state index in [1.165, 1.54) is 11.1 Å². The molecule has 0 bridgehead atoms. The monoisotopic (exact) mass is 278 g/mol. The highest BCUT2D eigenvalue weighted by molar-refractivity contribution is 5.71. The fourth-order valence-corrected chi connectivity index (χ4v) is 1.99. The molecule has 0 spiro atoms. The topological polar surface area (TPSA) is 35.5 Å². The first-order chi connectivity index (χ1) is 9.07. The molecule has 0 saturated heterocycles. The molecule has 0 N–H and O–H groups in total. The van der Waals surface area contributed by atoms with Crippen molar-refractivity contribution in [2.24, 2.45) is 0 Å². The number of rotatable bonds is 5. The quantitative estimate of drug-likeness (QED) is 0.771. The van der Waals surface area contributed by atoms with Gasteiger partial charge in [0.1, 0.15) is 12.2 Å². The van der Waals surface area contributed by atoms with Crippen LogP contribution in [0.3, 0.4) is 0 Å². The molecule has 0 heterocycles. The van der Waals surface area contributed by atoms with Crippen LogP contribution in [-0.2, 0) is 20.7 Å². The second-order valence-electron chi connectivity index (χ2n) is 6.80. The van der Waals surface area contributed by atoms with E-state index in [0.29, 0.717) is 0 Å². The van der Waals surface area contributed by atoms with Crippen LogP contribution in [0.5, 0.6) is 0 Å². The van der Waals surface area contributed by atoms with Crippen molar-refractivity contribution < 1.29 is 14.3 Å². The van der Waals surface area contributed by atoms with Crippen LogP contribution in [0, 0.1) is 6.92 Å². The van der Waals surface area contributed by atoms with Gasteiger partial charge in [-0.05, 0) is 47.1 Å². The number of esters is 1. The van der Waals surface area contributed by atoms with Crippen molar-refractivity contribution in [3.63, 3.8) is 0 Å². The smallest absolute Gasteiger partial charge is 0.332 e. The Balaban J connectivity index is 2.51. The first kappa shape index (κ1) is 16.7. The first-order valence-corrected chi connectivity index (χ1v) is 6.99. The van der Waals surface area contributed by atoms with E-state index < -0.39 is 11.2 Å². The van der Waals surface area contributed by atoms with Crippen molar-refractivity contribution >= 4 is 5.97 Å². The number of carbonyl (C=O) groups is 1. The maximum atomic E-state index is 11.7. The van der Waals surface area contributed by atoms with Crippen LogP contribution in [0.4, 0.5) is 0 Å². The zero-order valence-electron chi connectivity index (χ0n) is 13.4. The van der Waals surface area contributed by atoms with Gasteiger partial charge >= 0.3 is 5.97 Å². The van der Waals surface area contributed by atoms with E-state index in [0.717, 1.165) is 6.42 Å². The summed E-state index contributed by atoms with van der Waals surface area (Å²) in [5.41, 5.74) is 1.57. The van der Waals surface area contributed by atoms with Gasteiger partial charge in [0.15, 0.2) is 0 Å². The van der Waals surface area contributed by atoms with Gasteiger partial charge in [-0.2, -0.15) is 0 Å². The van der Waals surface area contributed by atoms with E-state index in [1.54, 1.807) is 0 Å². The minimum atomic E-state index is -0.471. The molecule has 112 valence electrons. The van der Waals surface area contributed by atoms with Crippen LogP contribution in [-0.4, -0.2) is 23.8 Å². The fraction of sp³-hybridized carbons (Fsp3) is 0.588. The van der Waals surface area contributed by atoms with Gasteiger partial charge in [0, 0.05) is 6.42 Å². The Morgan fingerprint density at radius 3 is 2.35 bits per heavy atom. The third-order valence-electron chi connectivity index (χ3n) is 2.71. The Kier molecular flexibility index (Phi) is 5.35. The molecule has 0 aliphatic rings. The second kappa shape index (κ2) is 6.40. The summed E-state index contributed by atoms with van der Waals surface area (Å²) in [6.45, 7) is 11.6. The van der Waals surface area contributed by atoms with Crippen molar-refractivity contribution in [2.75, 3.05) is 6.61 Å². The maximum absolute atomic E-state index is 11.7. The molecule has 0 aliphatic heterocycles. The van der Waals surface area contributed by atoms with Crippen molar-refractivity contribution in [2.45, 2.75) is 59.2 Å². The van der Waals surface area contributed by atoms with Gasteiger partial charge < -0.3 is 9.47 Å². The molecule has 1 rings (SSSR count). The zero-order chi connectivity index (χ0) is 15.4. The van der Waals surface area contributed by atoms with Gasteiger partial charge in [0.05, 0.1) is 5.60 Å². The van der Waals surface area contributed by atoms with Crippen LogP contribution < -0.4 is 0 Å². The highest BCUT2D eigenvalue weighted by Gasteiger charge is 2.23. The molecule has 1 aromatic rings. The molecule has 1 aromatic carbocycles. The lowest BCUT2D eigenvalue weighted by Crippen LogP contribution is -2.33. The number of hydrogen-bond acceptors (Lipinski definition) is 3.